The molecule has 5 nitrogen and oxygen atoms in total. The summed E-state index contributed by atoms with van der Waals surface area (Å²) in [5.41, 5.74) is 0.728. The van der Waals surface area contributed by atoms with Crippen LogP contribution in [0.5, 0.6) is 0 Å². The number of hydrogen-bond acceptors (Lipinski definition) is 3. The van der Waals surface area contributed by atoms with Crippen molar-refractivity contribution in [2.45, 2.75) is 13.3 Å². The summed E-state index contributed by atoms with van der Waals surface area (Å²) >= 11 is 5.77. The fourth-order valence-corrected chi connectivity index (χ4v) is 1.98. The number of carbonyl (C=O) groups excluding carboxylic acids is 1. The number of hydrogen-bond donors (Lipinski definition) is 2. The average Bonchev–Trinajstić information content (AvgIpc) is 2.89. The van der Waals surface area contributed by atoms with E-state index in [4.69, 9.17) is 21.1 Å². The maximum atomic E-state index is 12.1. The number of halogens is 1. The molecule has 0 aliphatic rings. The smallest absolute Gasteiger partial charge is 0.337 e. The number of aromatic carboxylic acids is 1. The fraction of sp³-hybridized carbons (Fsp3) is 0.143. The van der Waals surface area contributed by atoms with E-state index in [1.807, 2.05) is 6.92 Å². The number of benzene rings is 1. The molecule has 1 amide bonds. The summed E-state index contributed by atoms with van der Waals surface area (Å²) in [6.07, 6.45) is 2.04. The van der Waals surface area contributed by atoms with Crippen LogP contribution in [0.4, 0.5) is 5.69 Å². The first-order chi connectivity index (χ1) is 9.52. The van der Waals surface area contributed by atoms with Crippen LogP contribution in [-0.4, -0.2) is 17.0 Å². The molecule has 0 fully saturated rings. The molecular weight excluding hydrogens is 282 g/mol. The Morgan fingerprint density at radius 3 is 2.70 bits per heavy atom. The number of nitrogens with one attached hydrogen (secondary N) is 1. The molecule has 1 heterocycles. The van der Waals surface area contributed by atoms with Crippen molar-refractivity contribution in [2.75, 3.05) is 5.32 Å². The Kier molecular flexibility index (Phi) is 4.10. The highest BCUT2D eigenvalue weighted by Gasteiger charge is 2.15. The molecule has 20 heavy (non-hydrogen) atoms. The van der Waals surface area contributed by atoms with E-state index in [1.54, 1.807) is 12.1 Å². The zero-order valence-corrected chi connectivity index (χ0v) is 11.4. The molecule has 2 rings (SSSR count). The van der Waals surface area contributed by atoms with Crippen molar-refractivity contribution in [3.05, 3.63) is 52.4 Å². The summed E-state index contributed by atoms with van der Waals surface area (Å²) in [5.74, 6) is -0.923. The van der Waals surface area contributed by atoms with Crippen LogP contribution in [0.25, 0.3) is 0 Å². The molecule has 0 radical (unpaired) electrons. The van der Waals surface area contributed by atoms with Crippen molar-refractivity contribution in [1.29, 1.82) is 0 Å². The third-order valence-electron chi connectivity index (χ3n) is 2.77. The number of carbonyl (C=O) groups is 2. The molecule has 0 atom stereocenters. The largest absolute Gasteiger partial charge is 0.478 e. The molecular formula is C14H12ClNO4. The highest BCUT2D eigenvalue weighted by Crippen LogP contribution is 2.21. The Hall–Kier alpha value is -2.27. The summed E-state index contributed by atoms with van der Waals surface area (Å²) in [6, 6.07) is 5.85. The molecule has 104 valence electrons. The number of carboxylic acid groups (broad SMARTS) is 1. The zero-order valence-electron chi connectivity index (χ0n) is 10.6. The SMILES string of the molecule is CCc1occc1C(=O)Nc1ccc(Cl)c(C(=O)O)c1. The first-order valence-corrected chi connectivity index (χ1v) is 6.31. The van der Waals surface area contributed by atoms with Crippen LogP contribution < -0.4 is 5.32 Å². The van der Waals surface area contributed by atoms with Gasteiger partial charge in [0.05, 0.1) is 22.4 Å². The van der Waals surface area contributed by atoms with Gasteiger partial charge in [0.1, 0.15) is 5.76 Å². The van der Waals surface area contributed by atoms with Gasteiger partial charge in [-0.05, 0) is 24.3 Å². The molecule has 0 saturated carbocycles. The number of furan rings is 1. The summed E-state index contributed by atoms with van der Waals surface area (Å²) in [5, 5.41) is 11.7. The van der Waals surface area contributed by atoms with Gasteiger partial charge in [0.2, 0.25) is 0 Å². The molecule has 1 aromatic carbocycles. The van der Waals surface area contributed by atoms with E-state index >= 15 is 0 Å². The second-order valence-electron chi connectivity index (χ2n) is 4.06. The molecule has 2 N–H and O–H groups in total. The summed E-state index contributed by atoms with van der Waals surface area (Å²) in [7, 11) is 0. The number of carboxylic acids is 1. The van der Waals surface area contributed by atoms with E-state index in [0.29, 0.717) is 23.4 Å². The van der Waals surface area contributed by atoms with Crippen LogP contribution in [0, 0.1) is 0 Å². The quantitative estimate of drug-likeness (QED) is 0.905. The van der Waals surface area contributed by atoms with Crippen molar-refractivity contribution in [3.8, 4) is 0 Å². The maximum Gasteiger partial charge on any atom is 0.337 e. The van der Waals surface area contributed by atoms with Crippen molar-refractivity contribution in [1.82, 2.24) is 0 Å². The lowest BCUT2D eigenvalue weighted by Crippen LogP contribution is -2.13. The summed E-state index contributed by atoms with van der Waals surface area (Å²) in [6.45, 7) is 1.88. The molecule has 6 heteroatoms. The molecule has 0 unspecified atom stereocenters. The Labute approximate surface area is 120 Å². The van der Waals surface area contributed by atoms with Gasteiger partial charge in [0, 0.05) is 12.1 Å². The van der Waals surface area contributed by atoms with Crippen LogP contribution in [0.15, 0.2) is 34.9 Å². The van der Waals surface area contributed by atoms with E-state index in [1.165, 1.54) is 18.4 Å². The monoisotopic (exact) mass is 293 g/mol. The van der Waals surface area contributed by atoms with Crippen LogP contribution in [-0.2, 0) is 6.42 Å². The molecule has 0 aliphatic carbocycles. The van der Waals surface area contributed by atoms with E-state index in [2.05, 4.69) is 5.32 Å². The van der Waals surface area contributed by atoms with Crippen LogP contribution in [0.2, 0.25) is 5.02 Å². The molecule has 0 bridgehead atoms. The Balaban J connectivity index is 2.24. The highest BCUT2D eigenvalue weighted by molar-refractivity contribution is 6.33. The lowest BCUT2D eigenvalue weighted by molar-refractivity contribution is 0.0696. The Morgan fingerprint density at radius 1 is 1.30 bits per heavy atom. The third kappa shape index (κ3) is 2.83. The van der Waals surface area contributed by atoms with E-state index < -0.39 is 5.97 Å². The minimum Gasteiger partial charge on any atom is -0.478 e. The van der Waals surface area contributed by atoms with Gasteiger partial charge in [0.25, 0.3) is 5.91 Å². The van der Waals surface area contributed by atoms with Crippen LogP contribution >= 0.6 is 11.6 Å². The van der Waals surface area contributed by atoms with Gasteiger partial charge in [-0.15, -0.1) is 0 Å². The second kappa shape index (κ2) is 5.79. The summed E-state index contributed by atoms with van der Waals surface area (Å²) < 4.78 is 5.18. The molecule has 0 saturated heterocycles. The normalized spacial score (nSPS) is 10.3. The number of amides is 1. The van der Waals surface area contributed by atoms with Crippen molar-refractivity contribution in [3.63, 3.8) is 0 Å². The first-order valence-electron chi connectivity index (χ1n) is 5.93. The van der Waals surface area contributed by atoms with Gasteiger partial charge in [0.15, 0.2) is 0 Å². The van der Waals surface area contributed by atoms with E-state index in [-0.39, 0.29) is 16.5 Å². The molecule has 0 spiro atoms. The second-order valence-corrected chi connectivity index (χ2v) is 4.47. The predicted molar refractivity (Wildman–Crippen MR) is 74.5 cm³/mol. The number of anilines is 1. The molecule has 2 aromatic rings. The fourth-order valence-electron chi connectivity index (χ4n) is 1.78. The third-order valence-corrected chi connectivity index (χ3v) is 3.10. The summed E-state index contributed by atoms with van der Waals surface area (Å²) in [4.78, 5) is 23.0. The Bertz CT molecular complexity index is 663. The zero-order chi connectivity index (χ0) is 14.7. The van der Waals surface area contributed by atoms with Gasteiger partial charge in [-0.1, -0.05) is 18.5 Å². The minimum atomic E-state index is -1.15. The number of rotatable bonds is 4. The van der Waals surface area contributed by atoms with Gasteiger partial charge in [-0.3, -0.25) is 4.79 Å². The average molecular weight is 294 g/mol. The topological polar surface area (TPSA) is 79.5 Å². The van der Waals surface area contributed by atoms with Crippen LogP contribution in [0.3, 0.4) is 0 Å². The standard InChI is InChI=1S/C14H12ClNO4/c1-2-12-9(5-6-20-12)13(17)16-8-3-4-11(15)10(7-8)14(18)19/h3-7H,2H2,1H3,(H,16,17)(H,18,19). The van der Waals surface area contributed by atoms with Gasteiger partial charge >= 0.3 is 5.97 Å². The maximum absolute atomic E-state index is 12.1. The van der Waals surface area contributed by atoms with Crippen molar-refractivity contribution in [2.24, 2.45) is 0 Å². The van der Waals surface area contributed by atoms with Gasteiger partial charge in [-0.25, -0.2) is 4.79 Å². The lowest BCUT2D eigenvalue weighted by atomic mass is 10.1. The van der Waals surface area contributed by atoms with Gasteiger partial charge < -0.3 is 14.8 Å². The minimum absolute atomic E-state index is 0.0626. The lowest BCUT2D eigenvalue weighted by Gasteiger charge is -2.07. The van der Waals surface area contributed by atoms with E-state index in [9.17, 15) is 9.59 Å². The van der Waals surface area contributed by atoms with Crippen LogP contribution in [0.1, 0.15) is 33.4 Å². The highest BCUT2D eigenvalue weighted by atomic mass is 35.5. The van der Waals surface area contributed by atoms with Crippen molar-refractivity contribution < 1.29 is 19.1 Å². The van der Waals surface area contributed by atoms with Crippen molar-refractivity contribution >= 4 is 29.2 Å². The van der Waals surface area contributed by atoms with Gasteiger partial charge in [-0.2, -0.15) is 0 Å². The Morgan fingerprint density at radius 2 is 2.05 bits per heavy atom. The molecule has 1 aromatic heterocycles. The van der Waals surface area contributed by atoms with E-state index in [0.717, 1.165) is 0 Å². The number of aryl methyl sites for hydroxylation is 1. The predicted octanol–water partition coefficient (Wildman–Crippen LogP) is 3.45. The molecule has 0 aliphatic heterocycles. The first kappa shape index (κ1) is 14.1.